The fourth-order valence-electron chi connectivity index (χ4n) is 1.39. The van der Waals surface area contributed by atoms with Gasteiger partial charge in [0.15, 0.2) is 0 Å². The van der Waals surface area contributed by atoms with Crippen molar-refractivity contribution in [2.45, 2.75) is 32.1 Å². The lowest BCUT2D eigenvalue weighted by Crippen LogP contribution is -2.18. The molecule has 0 saturated heterocycles. The Hall–Kier alpha value is -1.65. The number of nitrogens with zero attached hydrogens (tertiary/aromatic N) is 1. The van der Waals surface area contributed by atoms with Crippen LogP contribution in [0.3, 0.4) is 0 Å². The lowest BCUT2D eigenvalue weighted by molar-refractivity contribution is -0.131. The van der Waals surface area contributed by atoms with Gasteiger partial charge in [-0.05, 0) is 25.7 Å². The average molecular weight is 210 g/mol. The first kappa shape index (κ1) is 11.4. The Balaban J connectivity index is 2.34. The summed E-state index contributed by atoms with van der Waals surface area (Å²) >= 11 is 0. The molecular weight excluding hydrogens is 196 g/mol. The smallest absolute Gasteiger partial charge is 0.328 e. The van der Waals surface area contributed by atoms with Gasteiger partial charge in [-0.1, -0.05) is 6.42 Å². The molecule has 0 aromatic heterocycles. The van der Waals surface area contributed by atoms with Crippen molar-refractivity contribution < 1.29 is 14.7 Å². The number of carboxylic acids is 1. The van der Waals surface area contributed by atoms with Crippen LogP contribution < -0.4 is 5.43 Å². The molecule has 1 fully saturated rings. The largest absolute Gasteiger partial charge is 0.478 e. The minimum absolute atomic E-state index is 0.504. The van der Waals surface area contributed by atoms with E-state index in [-0.39, 0.29) is 0 Å². The van der Waals surface area contributed by atoms with Crippen LogP contribution in [-0.4, -0.2) is 22.7 Å². The maximum atomic E-state index is 11.0. The monoisotopic (exact) mass is 210 g/mol. The van der Waals surface area contributed by atoms with E-state index in [1.807, 2.05) is 0 Å². The van der Waals surface area contributed by atoms with Crippen LogP contribution in [0.2, 0.25) is 0 Å². The van der Waals surface area contributed by atoms with Crippen molar-refractivity contribution in [3.63, 3.8) is 0 Å². The Labute approximate surface area is 87.9 Å². The third-order valence-corrected chi connectivity index (χ3v) is 2.13. The minimum atomic E-state index is -1.14. The number of carbonyl (C=O) groups excluding carboxylic acids is 1. The van der Waals surface area contributed by atoms with Gasteiger partial charge < -0.3 is 5.11 Å². The third kappa shape index (κ3) is 4.95. The van der Waals surface area contributed by atoms with Crippen molar-refractivity contribution in [2.24, 2.45) is 5.10 Å². The second-order valence-electron chi connectivity index (χ2n) is 3.39. The van der Waals surface area contributed by atoms with Crippen LogP contribution in [0.1, 0.15) is 32.1 Å². The molecule has 0 radical (unpaired) electrons. The lowest BCUT2D eigenvalue weighted by Gasteiger charge is -2.11. The molecule has 1 rings (SSSR count). The quantitative estimate of drug-likeness (QED) is 0.540. The van der Waals surface area contributed by atoms with Crippen molar-refractivity contribution >= 4 is 17.6 Å². The van der Waals surface area contributed by atoms with Crippen LogP contribution >= 0.6 is 0 Å². The molecule has 5 nitrogen and oxygen atoms in total. The summed E-state index contributed by atoms with van der Waals surface area (Å²) < 4.78 is 0. The summed E-state index contributed by atoms with van der Waals surface area (Å²) in [6, 6.07) is 0. The molecule has 5 heteroatoms. The summed E-state index contributed by atoms with van der Waals surface area (Å²) in [6.07, 6.45) is 7.02. The Morgan fingerprint density at radius 2 is 1.87 bits per heavy atom. The van der Waals surface area contributed by atoms with Crippen molar-refractivity contribution in [2.75, 3.05) is 0 Å². The van der Waals surface area contributed by atoms with E-state index in [9.17, 15) is 9.59 Å². The highest BCUT2D eigenvalue weighted by Crippen LogP contribution is 2.13. The summed E-state index contributed by atoms with van der Waals surface area (Å²) in [5.41, 5.74) is 3.29. The van der Waals surface area contributed by atoms with Gasteiger partial charge in [-0.2, -0.15) is 5.10 Å². The molecule has 0 unspecified atom stereocenters. The predicted molar refractivity (Wildman–Crippen MR) is 55.4 cm³/mol. The number of carbonyl (C=O) groups is 2. The fraction of sp³-hybridized carbons (Fsp3) is 0.500. The van der Waals surface area contributed by atoms with Crippen LogP contribution in [0.25, 0.3) is 0 Å². The summed E-state index contributed by atoms with van der Waals surface area (Å²) in [4.78, 5) is 21.1. The van der Waals surface area contributed by atoms with Gasteiger partial charge in [-0.3, -0.25) is 4.79 Å². The van der Waals surface area contributed by atoms with Crippen LogP contribution in [0.5, 0.6) is 0 Å². The van der Waals surface area contributed by atoms with Gasteiger partial charge in [0.05, 0.1) is 0 Å². The standard InChI is InChI=1S/C10H14N2O3/c13-9(6-7-10(14)15)12-11-8-4-2-1-3-5-8/h6-7H,1-5H2,(H,12,13)(H,14,15). The molecule has 1 saturated carbocycles. The first-order valence-electron chi connectivity index (χ1n) is 4.95. The maximum absolute atomic E-state index is 11.0. The van der Waals surface area contributed by atoms with Crippen LogP contribution in [0, 0.1) is 0 Å². The number of hydrogen-bond acceptors (Lipinski definition) is 3. The Morgan fingerprint density at radius 3 is 2.47 bits per heavy atom. The molecule has 1 aliphatic rings. The zero-order valence-corrected chi connectivity index (χ0v) is 8.40. The summed E-state index contributed by atoms with van der Waals surface area (Å²) in [6.45, 7) is 0. The highest BCUT2D eigenvalue weighted by atomic mass is 16.4. The predicted octanol–water partition coefficient (Wildman–Crippen LogP) is 1.06. The van der Waals surface area contributed by atoms with E-state index in [1.54, 1.807) is 0 Å². The molecule has 0 aliphatic heterocycles. The number of amides is 1. The van der Waals surface area contributed by atoms with E-state index in [4.69, 9.17) is 5.11 Å². The molecule has 0 aromatic rings. The molecule has 1 amide bonds. The number of aliphatic carboxylic acids is 1. The van der Waals surface area contributed by atoms with Gasteiger partial charge in [0.1, 0.15) is 0 Å². The normalized spacial score (nSPS) is 16.4. The van der Waals surface area contributed by atoms with Gasteiger partial charge in [0, 0.05) is 17.9 Å². The molecule has 15 heavy (non-hydrogen) atoms. The van der Waals surface area contributed by atoms with E-state index in [0.717, 1.165) is 43.5 Å². The number of nitrogens with one attached hydrogen (secondary N) is 1. The van der Waals surface area contributed by atoms with Gasteiger partial charge in [-0.15, -0.1) is 0 Å². The van der Waals surface area contributed by atoms with E-state index in [2.05, 4.69) is 10.5 Å². The molecule has 0 spiro atoms. The first-order valence-corrected chi connectivity index (χ1v) is 4.95. The first-order chi connectivity index (χ1) is 7.18. The van der Waals surface area contributed by atoms with Gasteiger partial charge in [0.25, 0.3) is 5.91 Å². The third-order valence-electron chi connectivity index (χ3n) is 2.13. The molecule has 0 heterocycles. The van der Waals surface area contributed by atoms with Gasteiger partial charge in [-0.25, -0.2) is 10.2 Å². The maximum Gasteiger partial charge on any atom is 0.328 e. The van der Waals surface area contributed by atoms with Crippen molar-refractivity contribution in [3.05, 3.63) is 12.2 Å². The van der Waals surface area contributed by atoms with E-state index >= 15 is 0 Å². The Morgan fingerprint density at radius 1 is 1.20 bits per heavy atom. The average Bonchev–Trinajstić information content (AvgIpc) is 2.25. The molecule has 2 N–H and O–H groups in total. The Kier molecular flexibility index (Phi) is 4.53. The lowest BCUT2D eigenvalue weighted by atomic mass is 9.99. The van der Waals surface area contributed by atoms with Crippen LogP contribution in [0.15, 0.2) is 17.3 Å². The zero-order chi connectivity index (χ0) is 11.1. The molecular formula is C10H14N2O3. The molecule has 0 aromatic carbocycles. The van der Waals surface area contributed by atoms with Crippen molar-refractivity contribution in [3.8, 4) is 0 Å². The van der Waals surface area contributed by atoms with Crippen molar-refractivity contribution in [1.82, 2.24) is 5.43 Å². The number of hydrogen-bond donors (Lipinski definition) is 2. The molecule has 0 atom stereocenters. The van der Waals surface area contributed by atoms with Crippen molar-refractivity contribution in [1.29, 1.82) is 0 Å². The second-order valence-corrected chi connectivity index (χ2v) is 3.39. The van der Waals surface area contributed by atoms with Crippen LogP contribution in [-0.2, 0) is 9.59 Å². The van der Waals surface area contributed by atoms with Gasteiger partial charge in [0.2, 0.25) is 0 Å². The second kappa shape index (κ2) is 5.95. The molecule has 0 bridgehead atoms. The van der Waals surface area contributed by atoms with Gasteiger partial charge >= 0.3 is 5.97 Å². The SMILES string of the molecule is O=C(O)C=CC(=O)NN=C1CCCCC1. The summed E-state index contributed by atoms with van der Waals surface area (Å²) in [7, 11) is 0. The minimum Gasteiger partial charge on any atom is -0.478 e. The molecule has 1 aliphatic carbocycles. The molecule has 82 valence electrons. The van der Waals surface area contributed by atoms with E-state index < -0.39 is 11.9 Å². The number of rotatable bonds is 3. The zero-order valence-electron chi connectivity index (χ0n) is 8.40. The highest BCUT2D eigenvalue weighted by Gasteiger charge is 2.06. The van der Waals surface area contributed by atoms with E-state index in [1.165, 1.54) is 6.42 Å². The van der Waals surface area contributed by atoms with E-state index in [0.29, 0.717) is 0 Å². The van der Waals surface area contributed by atoms with Crippen LogP contribution in [0.4, 0.5) is 0 Å². The topological polar surface area (TPSA) is 78.8 Å². The number of carboxylic acid groups (broad SMARTS) is 1. The number of hydrazone groups is 1. The summed E-state index contributed by atoms with van der Waals surface area (Å²) in [5, 5.41) is 12.2. The summed E-state index contributed by atoms with van der Waals surface area (Å²) in [5.74, 6) is -1.65. The Bertz CT molecular complexity index is 300. The highest BCUT2D eigenvalue weighted by molar-refractivity contribution is 5.94. The fourth-order valence-corrected chi connectivity index (χ4v) is 1.39.